The van der Waals surface area contributed by atoms with E-state index in [-0.39, 0.29) is 12.1 Å². The van der Waals surface area contributed by atoms with E-state index in [1.807, 2.05) is 19.1 Å². The molecule has 1 rings (SSSR count). The highest BCUT2D eigenvalue weighted by molar-refractivity contribution is 6.42. The summed E-state index contributed by atoms with van der Waals surface area (Å²) in [6, 6.07) is 5.32. The van der Waals surface area contributed by atoms with Crippen molar-refractivity contribution in [1.29, 1.82) is 0 Å². The highest BCUT2D eigenvalue weighted by Gasteiger charge is 2.15. The molecule has 0 aromatic heterocycles. The molecule has 0 spiro atoms. The predicted molar refractivity (Wildman–Crippen MR) is 69.7 cm³/mol. The molecule has 0 aliphatic rings. The van der Waals surface area contributed by atoms with Gasteiger partial charge in [0.25, 0.3) is 0 Å². The number of nitrogens with one attached hydrogen (secondary N) is 1. The second-order valence-electron chi connectivity index (χ2n) is 3.49. The van der Waals surface area contributed by atoms with Crippen molar-refractivity contribution in [2.75, 3.05) is 6.54 Å². The van der Waals surface area contributed by atoms with E-state index in [9.17, 15) is 0 Å². The molecule has 86 valence electrons. The van der Waals surface area contributed by atoms with E-state index in [1.54, 1.807) is 6.07 Å². The minimum Gasteiger partial charge on any atom is -0.329 e. The van der Waals surface area contributed by atoms with Gasteiger partial charge in [-0.25, -0.2) is 0 Å². The first-order valence-electron chi connectivity index (χ1n) is 4.96. The molecular weight excluding hydrogens is 243 g/mol. The van der Waals surface area contributed by atoms with Crippen LogP contribution in [-0.4, -0.2) is 12.6 Å². The zero-order valence-electron chi connectivity index (χ0n) is 9.00. The number of hydrogen-bond donors (Lipinski definition) is 2. The Balaban J connectivity index is 2.96. The maximum atomic E-state index is 6.11. The third-order valence-electron chi connectivity index (χ3n) is 2.29. The van der Waals surface area contributed by atoms with Gasteiger partial charge in [0.15, 0.2) is 0 Å². The number of terminal acetylenes is 1. The second kappa shape index (κ2) is 6.12. The summed E-state index contributed by atoms with van der Waals surface area (Å²) >= 11 is 12.1. The van der Waals surface area contributed by atoms with E-state index >= 15 is 0 Å². The average Bonchev–Trinajstić information content (AvgIpc) is 2.29. The van der Waals surface area contributed by atoms with Crippen molar-refractivity contribution in [3.8, 4) is 12.3 Å². The Labute approximate surface area is 106 Å². The Morgan fingerprint density at radius 2 is 2.19 bits per heavy atom. The fraction of sp³-hybridized carbons (Fsp3) is 0.333. The summed E-state index contributed by atoms with van der Waals surface area (Å²) in [7, 11) is 0. The van der Waals surface area contributed by atoms with E-state index in [0.29, 0.717) is 16.6 Å². The molecule has 0 saturated heterocycles. The van der Waals surface area contributed by atoms with Gasteiger partial charge < -0.3 is 5.73 Å². The van der Waals surface area contributed by atoms with Gasteiger partial charge in [-0.3, -0.25) is 5.32 Å². The van der Waals surface area contributed by atoms with Crippen LogP contribution in [0.3, 0.4) is 0 Å². The van der Waals surface area contributed by atoms with E-state index < -0.39 is 0 Å². The maximum Gasteiger partial charge on any atom is 0.0663 e. The number of hydrogen-bond acceptors (Lipinski definition) is 2. The van der Waals surface area contributed by atoms with Crippen LogP contribution in [0.4, 0.5) is 0 Å². The fourth-order valence-electron chi connectivity index (χ4n) is 1.42. The predicted octanol–water partition coefficient (Wildman–Crippen LogP) is 2.60. The Morgan fingerprint density at radius 3 is 2.75 bits per heavy atom. The van der Waals surface area contributed by atoms with Gasteiger partial charge in [-0.05, 0) is 18.6 Å². The highest BCUT2D eigenvalue weighted by Crippen LogP contribution is 2.29. The van der Waals surface area contributed by atoms with Crippen LogP contribution in [-0.2, 0) is 0 Å². The summed E-state index contributed by atoms with van der Waals surface area (Å²) in [5.41, 5.74) is 6.57. The zero-order chi connectivity index (χ0) is 12.1. The molecule has 0 aliphatic heterocycles. The quantitative estimate of drug-likeness (QED) is 0.814. The summed E-state index contributed by atoms with van der Waals surface area (Å²) in [6.07, 6.45) is 5.31. The van der Waals surface area contributed by atoms with Crippen LogP contribution < -0.4 is 11.1 Å². The average molecular weight is 257 g/mol. The van der Waals surface area contributed by atoms with Crippen LogP contribution >= 0.6 is 23.2 Å². The third kappa shape index (κ3) is 3.13. The standard InChI is InChI=1S/C12H14Cl2N2/c1-3-8(2)16-11(7-15)9-5-4-6-10(13)12(9)14/h1,4-6,8,11,16H,7,15H2,2H3. The summed E-state index contributed by atoms with van der Waals surface area (Å²) in [5, 5.41) is 4.24. The first-order valence-corrected chi connectivity index (χ1v) is 5.72. The first-order chi connectivity index (χ1) is 7.60. The molecule has 0 fully saturated rings. The molecule has 2 unspecified atom stereocenters. The highest BCUT2D eigenvalue weighted by atomic mass is 35.5. The first kappa shape index (κ1) is 13.3. The lowest BCUT2D eigenvalue weighted by Gasteiger charge is -2.20. The zero-order valence-corrected chi connectivity index (χ0v) is 10.5. The molecule has 4 heteroatoms. The Hall–Kier alpha value is -0.720. The Kier molecular flexibility index (Phi) is 5.11. The van der Waals surface area contributed by atoms with Gasteiger partial charge in [0.2, 0.25) is 0 Å². The van der Waals surface area contributed by atoms with Gasteiger partial charge in [0.1, 0.15) is 0 Å². The monoisotopic (exact) mass is 256 g/mol. The van der Waals surface area contributed by atoms with E-state index in [2.05, 4.69) is 11.2 Å². The van der Waals surface area contributed by atoms with Crippen molar-refractivity contribution in [1.82, 2.24) is 5.32 Å². The summed E-state index contributed by atoms with van der Waals surface area (Å²) < 4.78 is 0. The summed E-state index contributed by atoms with van der Waals surface area (Å²) in [6.45, 7) is 2.30. The lowest BCUT2D eigenvalue weighted by Crippen LogP contribution is -2.34. The largest absolute Gasteiger partial charge is 0.329 e. The van der Waals surface area contributed by atoms with Crippen LogP contribution in [0.2, 0.25) is 10.0 Å². The van der Waals surface area contributed by atoms with Crippen LogP contribution in [0.25, 0.3) is 0 Å². The van der Waals surface area contributed by atoms with Gasteiger partial charge in [-0.2, -0.15) is 0 Å². The minimum atomic E-state index is -0.0859. The van der Waals surface area contributed by atoms with Crippen molar-refractivity contribution in [2.45, 2.75) is 19.0 Å². The van der Waals surface area contributed by atoms with E-state index in [1.165, 1.54) is 0 Å². The lowest BCUT2D eigenvalue weighted by atomic mass is 10.1. The smallest absolute Gasteiger partial charge is 0.0663 e. The van der Waals surface area contributed by atoms with Gasteiger partial charge in [0, 0.05) is 12.6 Å². The van der Waals surface area contributed by atoms with Crippen LogP contribution in [0.1, 0.15) is 18.5 Å². The molecule has 0 radical (unpaired) electrons. The Morgan fingerprint density at radius 1 is 1.50 bits per heavy atom. The molecule has 2 nitrogen and oxygen atoms in total. The summed E-state index contributed by atoms with van der Waals surface area (Å²) in [4.78, 5) is 0. The SMILES string of the molecule is C#CC(C)NC(CN)c1cccc(Cl)c1Cl. The van der Waals surface area contributed by atoms with E-state index in [0.717, 1.165) is 5.56 Å². The van der Waals surface area contributed by atoms with Gasteiger partial charge in [0.05, 0.1) is 16.1 Å². The topological polar surface area (TPSA) is 38.0 Å². The molecule has 1 aromatic carbocycles. The van der Waals surface area contributed by atoms with Gasteiger partial charge >= 0.3 is 0 Å². The van der Waals surface area contributed by atoms with Crippen molar-refractivity contribution in [2.24, 2.45) is 5.73 Å². The Bertz CT molecular complexity index is 398. The number of halogens is 2. The molecule has 0 saturated carbocycles. The molecule has 2 atom stereocenters. The van der Waals surface area contributed by atoms with E-state index in [4.69, 9.17) is 35.4 Å². The fourth-order valence-corrected chi connectivity index (χ4v) is 1.86. The summed E-state index contributed by atoms with van der Waals surface area (Å²) in [5.74, 6) is 2.59. The number of rotatable bonds is 4. The molecule has 0 amide bonds. The number of nitrogens with two attached hydrogens (primary N) is 1. The van der Waals surface area contributed by atoms with Crippen molar-refractivity contribution in [3.63, 3.8) is 0 Å². The lowest BCUT2D eigenvalue weighted by molar-refractivity contribution is 0.518. The van der Waals surface area contributed by atoms with Crippen molar-refractivity contribution in [3.05, 3.63) is 33.8 Å². The normalized spacial score (nSPS) is 14.2. The minimum absolute atomic E-state index is 0.0661. The molecular formula is C12H14Cl2N2. The number of benzene rings is 1. The molecule has 3 N–H and O–H groups in total. The van der Waals surface area contributed by atoms with Crippen molar-refractivity contribution >= 4 is 23.2 Å². The van der Waals surface area contributed by atoms with Crippen LogP contribution in [0.5, 0.6) is 0 Å². The van der Waals surface area contributed by atoms with Gasteiger partial charge in [-0.1, -0.05) is 41.3 Å². The third-order valence-corrected chi connectivity index (χ3v) is 3.13. The molecule has 0 heterocycles. The molecule has 1 aromatic rings. The molecule has 0 aliphatic carbocycles. The second-order valence-corrected chi connectivity index (χ2v) is 4.27. The maximum absolute atomic E-state index is 6.11. The van der Waals surface area contributed by atoms with Crippen LogP contribution in [0, 0.1) is 12.3 Å². The molecule has 16 heavy (non-hydrogen) atoms. The molecule has 0 bridgehead atoms. The van der Waals surface area contributed by atoms with Crippen LogP contribution in [0.15, 0.2) is 18.2 Å². The van der Waals surface area contributed by atoms with Gasteiger partial charge in [-0.15, -0.1) is 6.42 Å². The van der Waals surface area contributed by atoms with Crippen molar-refractivity contribution < 1.29 is 0 Å².